The summed E-state index contributed by atoms with van der Waals surface area (Å²) in [6.45, 7) is 1.88. The zero-order valence-electron chi connectivity index (χ0n) is 10.6. The van der Waals surface area contributed by atoms with Crippen molar-refractivity contribution < 1.29 is 23.5 Å². The lowest BCUT2D eigenvalue weighted by molar-refractivity contribution is -0.153. The highest BCUT2D eigenvalue weighted by Crippen LogP contribution is 2.40. The van der Waals surface area contributed by atoms with Crippen LogP contribution in [0.1, 0.15) is 18.6 Å². The summed E-state index contributed by atoms with van der Waals surface area (Å²) in [5, 5.41) is 11.6. The summed E-state index contributed by atoms with van der Waals surface area (Å²) in [6, 6.07) is 3.42. The van der Waals surface area contributed by atoms with E-state index in [9.17, 15) is 9.90 Å². The van der Waals surface area contributed by atoms with Crippen molar-refractivity contribution in [1.82, 2.24) is 0 Å². The average molecular weight is 339 g/mol. The van der Waals surface area contributed by atoms with Crippen LogP contribution >= 0.6 is 15.9 Å². The van der Waals surface area contributed by atoms with Crippen molar-refractivity contribution in [3.63, 3.8) is 0 Å². The molecule has 0 aliphatic heterocycles. The van der Waals surface area contributed by atoms with Gasteiger partial charge in [0.2, 0.25) is 0 Å². The lowest BCUT2D eigenvalue weighted by Gasteiger charge is -2.12. The third-order valence-corrected chi connectivity index (χ3v) is 3.87. The van der Waals surface area contributed by atoms with Crippen LogP contribution in [0, 0.1) is 0 Å². The molecule has 3 aromatic rings. The molecule has 0 aliphatic rings. The monoisotopic (exact) mass is 338 g/mol. The van der Waals surface area contributed by atoms with Crippen LogP contribution in [-0.4, -0.2) is 17.7 Å². The lowest BCUT2D eigenvalue weighted by Crippen LogP contribution is -2.15. The molecule has 6 heteroatoms. The Morgan fingerprint density at radius 3 is 2.65 bits per heavy atom. The van der Waals surface area contributed by atoms with E-state index in [0.29, 0.717) is 22.1 Å². The Labute approximate surface area is 122 Å². The van der Waals surface area contributed by atoms with Gasteiger partial charge in [-0.1, -0.05) is 0 Å². The molecule has 0 bridgehead atoms. The predicted octanol–water partition coefficient (Wildman–Crippen LogP) is 3.54. The van der Waals surface area contributed by atoms with Crippen molar-refractivity contribution in [2.75, 3.05) is 6.61 Å². The molecule has 3 rings (SSSR count). The molecule has 0 aliphatic carbocycles. The molecule has 104 valence electrons. The first kappa shape index (κ1) is 13.2. The highest BCUT2D eigenvalue weighted by Gasteiger charge is 2.27. The number of aliphatic hydroxyl groups excluding tert-OH is 1. The molecule has 1 aromatic carbocycles. The number of furan rings is 2. The van der Waals surface area contributed by atoms with Crippen LogP contribution < -0.4 is 0 Å². The highest BCUT2D eigenvalue weighted by atomic mass is 79.9. The number of halogens is 1. The number of ether oxygens (including phenoxy) is 1. The van der Waals surface area contributed by atoms with E-state index in [-0.39, 0.29) is 6.61 Å². The summed E-state index contributed by atoms with van der Waals surface area (Å²) in [6.07, 6.45) is 1.57. The topological polar surface area (TPSA) is 72.8 Å². The number of benzene rings is 1. The average Bonchev–Trinajstić information content (AvgIpc) is 3.07. The molecule has 0 saturated carbocycles. The SMILES string of the molecule is CCOC(=O)C(O)c1c2ccoc2c(Br)c2ccoc12. The quantitative estimate of drug-likeness (QED) is 0.739. The maximum absolute atomic E-state index is 11.8. The first-order valence-electron chi connectivity index (χ1n) is 6.05. The molecular formula is C14H11BrO5. The van der Waals surface area contributed by atoms with Crippen LogP contribution in [0.15, 0.2) is 38.0 Å². The van der Waals surface area contributed by atoms with Crippen molar-refractivity contribution in [2.24, 2.45) is 0 Å². The smallest absolute Gasteiger partial charge is 0.339 e. The van der Waals surface area contributed by atoms with Gasteiger partial charge in [-0.15, -0.1) is 0 Å². The van der Waals surface area contributed by atoms with Gasteiger partial charge in [0.05, 0.1) is 23.6 Å². The van der Waals surface area contributed by atoms with E-state index in [1.807, 2.05) is 0 Å². The number of carbonyl (C=O) groups excluding carboxylic acids is 1. The fourth-order valence-electron chi connectivity index (χ4n) is 2.24. The Bertz CT molecular complexity index is 734. The van der Waals surface area contributed by atoms with E-state index < -0.39 is 12.1 Å². The molecule has 1 N–H and O–H groups in total. The van der Waals surface area contributed by atoms with Crippen LogP contribution in [0.25, 0.3) is 21.9 Å². The number of esters is 1. The number of fused-ring (bicyclic) bond motifs is 2. The standard InChI is InChI=1S/C14H11BrO5/c1-2-18-14(17)11(16)9-7-3-5-20-13(7)10(15)8-4-6-19-12(8)9/h3-6,11,16H,2H2,1H3. The highest BCUT2D eigenvalue weighted by molar-refractivity contribution is 9.10. The van der Waals surface area contributed by atoms with E-state index in [1.54, 1.807) is 19.1 Å². The number of rotatable bonds is 3. The second kappa shape index (κ2) is 4.96. The van der Waals surface area contributed by atoms with E-state index in [1.165, 1.54) is 12.5 Å². The zero-order chi connectivity index (χ0) is 14.3. The third-order valence-electron chi connectivity index (χ3n) is 3.08. The Balaban J connectivity index is 2.31. The first-order chi connectivity index (χ1) is 9.65. The Morgan fingerprint density at radius 2 is 1.95 bits per heavy atom. The zero-order valence-corrected chi connectivity index (χ0v) is 12.1. The molecule has 0 amide bonds. The van der Waals surface area contributed by atoms with Gasteiger partial charge in [0, 0.05) is 16.3 Å². The van der Waals surface area contributed by atoms with E-state index in [2.05, 4.69) is 15.9 Å². The summed E-state index contributed by atoms with van der Waals surface area (Å²) in [4.78, 5) is 11.8. The summed E-state index contributed by atoms with van der Waals surface area (Å²) < 4.78 is 16.4. The minimum absolute atomic E-state index is 0.197. The van der Waals surface area contributed by atoms with E-state index >= 15 is 0 Å². The molecule has 2 heterocycles. The summed E-state index contributed by atoms with van der Waals surface area (Å²) >= 11 is 3.44. The minimum atomic E-state index is -1.42. The molecule has 0 spiro atoms. The van der Waals surface area contributed by atoms with Gasteiger partial charge in [0.25, 0.3) is 0 Å². The van der Waals surface area contributed by atoms with Gasteiger partial charge in [-0.2, -0.15) is 0 Å². The van der Waals surface area contributed by atoms with Gasteiger partial charge < -0.3 is 18.7 Å². The summed E-state index contributed by atoms with van der Waals surface area (Å²) in [5.74, 6) is -0.713. The molecule has 0 saturated heterocycles. The van der Waals surface area contributed by atoms with Gasteiger partial charge >= 0.3 is 5.97 Å². The molecule has 0 fully saturated rings. The normalized spacial score (nSPS) is 12.9. The maximum Gasteiger partial charge on any atom is 0.339 e. The molecule has 20 heavy (non-hydrogen) atoms. The third kappa shape index (κ3) is 1.83. The molecule has 2 aromatic heterocycles. The van der Waals surface area contributed by atoms with Crippen LogP contribution in [-0.2, 0) is 9.53 Å². The lowest BCUT2D eigenvalue weighted by atomic mass is 10.0. The summed E-state index contributed by atoms with van der Waals surface area (Å²) in [5.41, 5.74) is 1.35. The molecule has 5 nitrogen and oxygen atoms in total. The second-order valence-corrected chi connectivity index (χ2v) is 5.00. The fraction of sp³-hybridized carbons (Fsp3) is 0.214. The van der Waals surface area contributed by atoms with Gasteiger partial charge in [-0.3, -0.25) is 0 Å². The van der Waals surface area contributed by atoms with E-state index in [0.717, 1.165) is 9.86 Å². The molecular weight excluding hydrogens is 328 g/mol. The number of aliphatic hydroxyl groups is 1. The van der Waals surface area contributed by atoms with Gasteiger partial charge in [-0.05, 0) is 35.0 Å². The van der Waals surface area contributed by atoms with Crippen LogP contribution in [0.2, 0.25) is 0 Å². The van der Waals surface area contributed by atoms with E-state index in [4.69, 9.17) is 13.6 Å². The minimum Gasteiger partial charge on any atom is -0.464 e. The van der Waals surface area contributed by atoms with Crippen LogP contribution in [0.4, 0.5) is 0 Å². The fourth-order valence-corrected chi connectivity index (χ4v) is 2.86. The predicted molar refractivity (Wildman–Crippen MR) is 75.3 cm³/mol. The first-order valence-corrected chi connectivity index (χ1v) is 6.85. The molecule has 1 unspecified atom stereocenters. The second-order valence-electron chi connectivity index (χ2n) is 4.21. The van der Waals surface area contributed by atoms with Crippen molar-refractivity contribution in [3.05, 3.63) is 34.7 Å². The van der Waals surface area contributed by atoms with Crippen molar-refractivity contribution >= 4 is 43.8 Å². The van der Waals surface area contributed by atoms with Gasteiger partial charge in [0.1, 0.15) is 11.2 Å². The van der Waals surface area contributed by atoms with Crippen molar-refractivity contribution in [1.29, 1.82) is 0 Å². The Morgan fingerprint density at radius 1 is 1.30 bits per heavy atom. The molecule has 1 atom stereocenters. The summed E-state index contributed by atoms with van der Waals surface area (Å²) in [7, 11) is 0. The van der Waals surface area contributed by atoms with Crippen LogP contribution in [0.3, 0.4) is 0 Å². The number of hydrogen-bond acceptors (Lipinski definition) is 5. The Hall–Kier alpha value is -1.79. The largest absolute Gasteiger partial charge is 0.464 e. The van der Waals surface area contributed by atoms with Gasteiger partial charge in [-0.25, -0.2) is 4.79 Å². The number of hydrogen-bond donors (Lipinski definition) is 1. The van der Waals surface area contributed by atoms with Gasteiger partial charge in [0.15, 0.2) is 6.10 Å². The number of carbonyl (C=O) groups is 1. The Kier molecular flexibility index (Phi) is 3.27. The van der Waals surface area contributed by atoms with Crippen molar-refractivity contribution in [3.8, 4) is 0 Å². The van der Waals surface area contributed by atoms with Crippen molar-refractivity contribution in [2.45, 2.75) is 13.0 Å². The molecule has 0 radical (unpaired) electrons. The van der Waals surface area contributed by atoms with Crippen LogP contribution in [0.5, 0.6) is 0 Å². The maximum atomic E-state index is 11.8.